The van der Waals surface area contributed by atoms with Gasteiger partial charge in [0.1, 0.15) is 0 Å². The van der Waals surface area contributed by atoms with Gasteiger partial charge in [-0.2, -0.15) is 0 Å². The molecule has 0 N–H and O–H groups in total. The number of ether oxygens (including phenoxy) is 2. The molecule has 0 radical (unpaired) electrons. The van der Waals surface area contributed by atoms with Gasteiger partial charge in [-0.15, -0.1) is 0 Å². The SMILES string of the molecule is c1ccc(C2=NC(c3cccc4c3Oc3cc5c(cc3O4)C(c3ccccc3)(c3ccccc3)c3ccccc3-5)=NC(c3ccc(-c4ccccc4)cc3)[N-]2)cc1. The first-order chi connectivity index (χ1) is 28.2. The molecule has 1 unspecified atom stereocenters. The number of aliphatic imine (C=N–C) groups is 2. The summed E-state index contributed by atoms with van der Waals surface area (Å²) in [5.41, 5.74) is 11.4. The van der Waals surface area contributed by atoms with Crippen LogP contribution in [0.2, 0.25) is 0 Å². The summed E-state index contributed by atoms with van der Waals surface area (Å²) in [5, 5.41) is 5.06. The Morgan fingerprint density at radius 3 is 1.72 bits per heavy atom. The maximum atomic E-state index is 6.92. The van der Waals surface area contributed by atoms with Gasteiger partial charge >= 0.3 is 0 Å². The van der Waals surface area contributed by atoms with Gasteiger partial charge < -0.3 is 19.8 Å². The van der Waals surface area contributed by atoms with E-state index in [0.29, 0.717) is 34.7 Å². The first kappa shape index (κ1) is 32.9. The second-order valence-electron chi connectivity index (χ2n) is 14.5. The number of hydrogen-bond donors (Lipinski definition) is 0. The zero-order chi connectivity index (χ0) is 37.8. The van der Waals surface area contributed by atoms with Crippen LogP contribution in [-0.2, 0) is 5.41 Å². The van der Waals surface area contributed by atoms with Gasteiger partial charge in [-0.3, -0.25) is 4.99 Å². The van der Waals surface area contributed by atoms with Crippen molar-refractivity contribution in [3.63, 3.8) is 0 Å². The van der Waals surface area contributed by atoms with Crippen molar-refractivity contribution < 1.29 is 9.47 Å². The monoisotopic (exact) mass is 732 g/mol. The molecule has 2 aliphatic heterocycles. The number of fused-ring (bicyclic) bond motifs is 5. The highest BCUT2D eigenvalue weighted by Gasteiger charge is 2.47. The summed E-state index contributed by atoms with van der Waals surface area (Å²) in [6.45, 7) is 0. The van der Waals surface area contributed by atoms with Crippen LogP contribution in [0.5, 0.6) is 23.0 Å². The highest BCUT2D eigenvalue weighted by atomic mass is 16.6. The summed E-state index contributed by atoms with van der Waals surface area (Å²) in [6, 6.07) is 69.4. The summed E-state index contributed by atoms with van der Waals surface area (Å²) in [5.74, 6) is 3.62. The van der Waals surface area contributed by atoms with Gasteiger partial charge in [-0.1, -0.05) is 182 Å². The second kappa shape index (κ2) is 13.4. The van der Waals surface area contributed by atoms with E-state index in [-0.39, 0.29) is 0 Å². The average molecular weight is 733 g/mol. The van der Waals surface area contributed by atoms with Crippen molar-refractivity contribution in [3.8, 4) is 45.3 Å². The molecular formula is C52H34N3O2-. The van der Waals surface area contributed by atoms with Gasteiger partial charge in [0.15, 0.2) is 23.0 Å². The van der Waals surface area contributed by atoms with Crippen LogP contribution in [0.4, 0.5) is 0 Å². The average Bonchev–Trinajstić information content (AvgIpc) is 3.58. The van der Waals surface area contributed by atoms with Crippen LogP contribution < -0.4 is 9.47 Å². The van der Waals surface area contributed by atoms with Gasteiger partial charge in [-0.25, -0.2) is 0 Å². The highest BCUT2D eigenvalue weighted by molar-refractivity contribution is 6.19. The minimum atomic E-state index is -0.549. The Morgan fingerprint density at radius 1 is 0.439 bits per heavy atom. The van der Waals surface area contributed by atoms with Gasteiger partial charge in [0, 0.05) is 5.56 Å². The molecular weight excluding hydrogens is 699 g/mol. The molecule has 2 heterocycles. The lowest BCUT2D eigenvalue weighted by molar-refractivity contribution is 0.358. The smallest absolute Gasteiger partial charge is 0.179 e. The Labute approximate surface area is 331 Å². The van der Waals surface area contributed by atoms with Crippen molar-refractivity contribution in [1.29, 1.82) is 0 Å². The molecule has 8 aromatic carbocycles. The van der Waals surface area contributed by atoms with Crippen LogP contribution >= 0.6 is 0 Å². The van der Waals surface area contributed by atoms with Crippen molar-refractivity contribution in [2.24, 2.45) is 9.98 Å². The number of rotatable bonds is 6. The van der Waals surface area contributed by atoms with Gasteiger partial charge in [-0.05, 0) is 79.9 Å². The standard InChI is InChI=1S/C52H34N3O2/c1-5-16-34(17-6-1)35-28-30-37(31-29-35)50-53-49(36-18-7-2-8-19-36)54-51(55-50)41-25-15-27-45-48(41)57-46-32-42-40-24-13-14-26-43(40)52(38-20-9-3-10-21-38,39-22-11-4-12-23-39)44(42)33-47(46)56-45/h1-33,50H/q-1. The van der Waals surface area contributed by atoms with Crippen LogP contribution in [0.15, 0.2) is 210 Å². The molecule has 0 bridgehead atoms. The summed E-state index contributed by atoms with van der Waals surface area (Å²) in [7, 11) is 0. The van der Waals surface area contributed by atoms with Crippen LogP contribution in [0.3, 0.4) is 0 Å². The Hall–Kier alpha value is -7.50. The molecule has 57 heavy (non-hydrogen) atoms. The highest BCUT2D eigenvalue weighted by Crippen LogP contribution is 2.60. The van der Waals surface area contributed by atoms with E-state index in [4.69, 9.17) is 24.8 Å². The third kappa shape index (κ3) is 5.39. The van der Waals surface area contributed by atoms with E-state index >= 15 is 0 Å². The zero-order valence-electron chi connectivity index (χ0n) is 30.8. The molecule has 0 spiro atoms. The van der Waals surface area contributed by atoms with Gasteiger partial charge in [0.2, 0.25) is 0 Å². The fraction of sp³-hybridized carbons (Fsp3) is 0.0385. The number of para-hydroxylation sites is 1. The Balaban J connectivity index is 1.03. The van der Waals surface area contributed by atoms with E-state index in [1.165, 1.54) is 22.3 Å². The maximum Gasteiger partial charge on any atom is 0.179 e. The molecule has 1 aliphatic carbocycles. The Bertz CT molecular complexity index is 2810. The number of amidine groups is 2. The first-order valence-corrected chi connectivity index (χ1v) is 19.2. The lowest BCUT2D eigenvalue weighted by atomic mass is 9.67. The summed E-state index contributed by atoms with van der Waals surface area (Å²) < 4.78 is 13.7. The Kier molecular flexibility index (Phi) is 7.71. The molecule has 11 rings (SSSR count). The number of nitrogens with zero attached hydrogens (tertiary/aromatic N) is 3. The molecule has 8 aromatic rings. The first-order valence-electron chi connectivity index (χ1n) is 19.2. The van der Waals surface area contributed by atoms with E-state index in [9.17, 15) is 0 Å². The molecule has 0 saturated carbocycles. The lowest BCUT2D eigenvalue weighted by Gasteiger charge is -2.35. The van der Waals surface area contributed by atoms with Crippen molar-refractivity contribution in [2.75, 3.05) is 0 Å². The van der Waals surface area contributed by atoms with Crippen LogP contribution in [0.25, 0.3) is 27.6 Å². The zero-order valence-corrected chi connectivity index (χ0v) is 30.8. The topological polar surface area (TPSA) is 57.3 Å². The van der Waals surface area contributed by atoms with Crippen molar-refractivity contribution in [1.82, 2.24) is 0 Å². The fourth-order valence-corrected chi connectivity index (χ4v) is 8.62. The molecule has 0 fully saturated rings. The quantitative estimate of drug-likeness (QED) is 0.171. The van der Waals surface area contributed by atoms with Crippen LogP contribution in [-0.4, -0.2) is 11.7 Å². The van der Waals surface area contributed by atoms with Crippen LogP contribution in [0, 0.1) is 0 Å². The molecule has 1 atom stereocenters. The molecule has 270 valence electrons. The van der Waals surface area contributed by atoms with E-state index in [2.05, 4.69) is 146 Å². The summed E-state index contributed by atoms with van der Waals surface area (Å²) >= 11 is 0. The second-order valence-corrected chi connectivity index (χ2v) is 14.5. The molecule has 3 aliphatic rings. The molecule has 5 heteroatoms. The molecule has 0 amide bonds. The lowest BCUT2D eigenvalue weighted by Crippen LogP contribution is -2.28. The Morgan fingerprint density at radius 2 is 1.02 bits per heavy atom. The summed E-state index contributed by atoms with van der Waals surface area (Å²) in [4.78, 5) is 10.2. The summed E-state index contributed by atoms with van der Waals surface area (Å²) in [6.07, 6.45) is -0.506. The number of hydrogen-bond acceptors (Lipinski definition) is 4. The largest absolute Gasteiger partial charge is 0.449 e. The van der Waals surface area contributed by atoms with Gasteiger partial charge in [0.05, 0.1) is 17.4 Å². The maximum absolute atomic E-state index is 6.92. The van der Waals surface area contributed by atoms with E-state index in [0.717, 1.165) is 38.9 Å². The fourth-order valence-electron chi connectivity index (χ4n) is 8.62. The molecule has 5 nitrogen and oxygen atoms in total. The van der Waals surface area contributed by atoms with Crippen molar-refractivity contribution >= 4 is 11.7 Å². The predicted octanol–water partition coefficient (Wildman–Crippen LogP) is 12.9. The molecule has 0 saturated heterocycles. The third-order valence-electron chi connectivity index (χ3n) is 11.2. The molecule has 0 aromatic heterocycles. The third-order valence-corrected chi connectivity index (χ3v) is 11.2. The van der Waals surface area contributed by atoms with Crippen molar-refractivity contribution in [3.05, 3.63) is 244 Å². The van der Waals surface area contributed by atoms with Crippen molar-refractivity contribution in [2.45, 2.75) is 11.6 Å². The predicted molar refractivity (Wildman–Crippen MR) is 228 cm³/mol. The van der Waals surface area contributed by atoms with Gasteiger partial charge in [0.25, 0.3) is 0 Å². The minimum Gasteiger partial charge on any atom is -0.449 e. The van der Waals surface area contributed by atoms with E-state index in [1.807, 2.05) is 54.6 Å². The van der Waals surface area contributed by atoms with E-state index in [1.54, 1.807) is 0 Å². The number of benzene rings is 8. The van der Waals surface area contributed by atoms with E-state index < -0.39 is 11.6 Å². The minimum absolute atomic E-state index is 0.506. The van der Waals surface area contributed by atoms with Crippen LogP contribution in [0.1, 0.15) is 45.1 Å². The normalized spacial score (nSPS) is 15.6.